The molecule has 0 bridgehead atoms. The normalized spacial score (nSPS) is 12.9. The van der Waals surface area contributed by atoms with Gasteiger partial charge in [-0.25, -0.2) is 8.42 Å². The Morgan fingerprint density at radius 3 is 2.44 bits per heavy atom. The van der Waals surface area contributed by atoms with E-state index in [0.717, 1.165) is 11.1 Å². The number of carbonyl (C=O) groups is 2. The highest BCUT2D eigenvalue weighted by Crippen LogP contribution is 2.35. The molecule has 3 aromatic rings. The molecule has 34 heavy (non-hydrogen) atoms. The second kappa shape index (κ2) is 9.87. The van der Waals surface area contributed by atoms with Gasteiger partial charge in [0, 0.05) is 31.6 Å². The number of hydrogen-bond acceptors (Lipinski definition) is 4. The van der Waals surface area contributed by atoms with Crippen molar-refractivity contribution in [3.05, 3.63) is 94.5 Å². The summed E-state index contributed by atoms with van der Waals surface area (Å²) in [6, 6.07) is 20.8. The topological polar surface area (TPSA) is 101 Å². The number of anilines is 1. The van der Waals surface area contributed by atoms with Gasteiger partial charge in [0.15, 0.2) is 0 Å². The number of carbonyl (C=O) groups excluding carboxylic acids is 2. The number of amides is 2. The lowest BCUT2D eigenvalue weighted by atomic mass is 10.1. The standard InChI is InChI=1S/C25H24ClN3O4S/c26-21-11-10-20(25(31)28(14-13-24(27)30)17-18-6-2-1-3-7-18)16-23(21)34(32,33)29-15-12-19-8-4-5-9-22(19)29/h1-11,16H,12-15,17H2,(H2,27,30). The number of nitrogens with two attached hydrogens (primary N) is 1. The average molecular weight is 498 g/mol. The Morgan fingerprint density at radius 2 is 1.71 bits per heavy atom. The molecule has 9 heteroatoms. The summed E-state index contributed by atoms with van der Waals surface area (Å²) in [6.45, 7) is 0.652. The Morgan fingerprint density at radius 1 is 1.00 bits per heavy atom. The van der Waals surface area contributed by atoms with E-state index in [1.54, 1.807) is 12.1 Å². The number of hydrogen-bond donors (Lipinski definition) is 1. The summed E-state index contributed by atoms with van der Waals surface area (Å²) in [5.74, 6) is -0.946. The van der Waals surface area contributed by atoms with Gasteiger partial charge in [0.2, 0.25) is 5.91 Å². The van der Waals surface area contributed by atoms with Gasteiger partial charge in [0.25, 0.3) is 15.9 Å². The molecule has 2 N–H and O–H groups in total. The third kappa shape index (κ3) is 4.93. The Balaban J connectivity index is 1.67. The van der Waals surface area contributed by atoms with Crippen LogP contribution in [-0.2, 0) is 27.8 Å². The van der Waals surface area contributed by atoms with Crippen LogP contribution in [0.1, 0.15) is 27.9 Å². The van der Waals surface area contributed by atoms with E-state index in [-0.39, 0.29) is 35.0 Å². The lowest BCUT2D eigenvalue weighted by molar-refractivity contribution is -0.118. The van der Waals surface area contributed by atoms with Crippen molar-refractivity contribution in [1.29, 1.82) is 0 Å². The fourth-order valence-corrected chi connectivity index (χ4v) is 6.00. The van der Waals surface area contributed by atoms with Crippen LogP contribution in [0.3, 0.4) is 0 Å². The number of para-hydroxylation sites is 1. The van der Waals surface area contributed by atoms with Gasteiger partial charge in [-0.3, -0.25) is 13.9 Å². The van der Waals surface area contributed by atoms with Gasteiger partial charge in [-0.15, -0.1) is 0 Å². The van der Waals surface area contributed by atoms with Crippen LogP contribution in [-0.4, -0.2) is 38.2 Å². The quantitative estimate of drug-likeness (QED) is 0.513. The molecule has 7 nitrogen and oxygen atoms in total. The van der Waals surface area contributed by atoms with Crippen LogP contribution in [0.25, 0.3) is 0 Å². The van der Waals surface area contributed by atoms with Crippen molar-refractivity contribution in [2.24, 2.45) is 5.73 Å². The first-order valence-corrected chi connectivity index (χ1v) is 12.6. The molecule has 0 aromatic heterocycles. The van der Waals surface area contributed by atoms with E-state index in [1.165, 1.54) is 27.4 Å². The number of nitrogens with zero attached hydrogens (tertiary/aromatic N) is 2. The first-order chi connectivity index (χ1) is 16.3. The first-order valence-electron chi connectivity index (χ1n) is 10.8. The average Bonchev–Trinajstić information content (AvgIpc) is 3.27. The van der Waals surface area contributed by atoms with Crippen molar-refractivity contribution >= 4 is 39.1 Å². The lowest BCUT2D eigenvalue weighted by Gasteiger charge is -2.24. The molecule has 176 valence electrons. The van der Waals surface area contributed by atoms with Crippen LogP contribution in [0.5, 0.6) is 0 Å². The van der Waals surface area contributed by atoms with Crippen molar-refractivity contribution in [1.82, 2.24) is 4.90 Å². The molecule has 2 amide bonds. The molecular weight excluding hydrogens is 474 g/mol. The van der Waals surface area contributed by atoms with Gasteiger partial charge in [-0.1, -0.05) is 60.1 Å². The van der Waals surface area contributed by atoms with Gasteiger partial charge in [0.05, 0.1) is 10.7 Å². The van der Waals surface area contributed by atoms with Crippen LogP contribution in [0.4, 0.5) is 5.69 Å². The summed E-state index contributed by atoms with van der Waals surface area (Å²) < 4.78 is 28.4. The molecule has 1 aliphatic rings. The molecule has 0 aliphatic carbocycles. The SMILES string of the molecule is NC(=O)CCN(Cc1ccccc1)C(=O)c1ccc(Cl)c(S(=O)(=O)N2CCc3ccccc32)c1. The summed E-state index contributed by atoms with van der Waals surface area (Å²) in [4.78, 5) is 26.1. The highest BCUT2D eigenvalue weighted by atomic mass is 35.5. The monoisotopic (exact) mass is 497 g/mol. The van der Waals surface area contributed by atoms with E-state index in [9.17, 15) is 18.0 Å². The summed E-state index contributed by atoms with van der Waals surface area (Å²) in [6.07, 6.45) is 0.589. The lowest BCUT2D eigenvalue weighted by Crippen LogP contribution is -2.34. The molecule has 1 aliphatic heterocycles. The smallest absolute Gasteiger partial charge is 0.265 e. The number of primary amides is 1. The Hall–Kier alpha value is -3.36. The summed E-state index contributed by atoms with van der Waals surface area (Å²) in [7, 11) is -3.99. The zero-order chi connectivity index (χ0) is 24.3. The first kappa shape index (κ1) is 23.8. The van der Waals surface area contributed by atoms with Gasteiger partial charge in [-0.05, 0) is 41.8 Å². The molecule has 0 saturated carbocycles. The highest BCUT2D eigenvalue weighted by Gasteiger charge is 2.33. The number of benzene rings is 3. The van der Waals surface area contributed by atoms with Crippen LogP contribution >= 0.6 is 11.6 Å². The minimum absolute atomic E-state index is 0.0120. The van der Waals surface area contributed by atoms with Crippen molar-refractivity contribution in [2.75, 3.05) is 17.4 Å². The van der Waals surface area contributed by atoms with E-state index in [2.05, 4.69) is 0 Å². The van der Waals surface area contributed by atoms with Gasteiger partial charge < -0.3 is 10.6 Å². The van der Waals surface area contributed by atoms with Gasteiger partial charge in [0.1, 0.15) is 4.90 Å². The summed E-state index contributed by atoms with van der Waals surface area (Å²) in [5, 5.41) is 0.0349. The van der Waals surface area contributed by atoms with Crippen molar-refractivity contribution in [3.63, 3.8) is 0 Å². The number of halogens is 1. The molecule has 1 heterocycles. The molecule has 0 saturated heterocycles. The molecule has 0 atom stereocenters. The molecule has 0 spiro atoms. The van der Waals surface area contributed by atoms with Crippen LogP contribution in [0.2, 0.25) is 5.02 Å². The Bertz CT molecular complexity index is 1330. The highest BCUT2D eigenvalue weighted by molar-refractivity contribution is 7.93. The predicted octanol–water partition coefficient (Wildman–Crippen LogP) is 3.61. The third-order valence-electron chi connectivity index (χ3n) is 5.72. The van der Waals surface area contributed by atoms with Crippen LogP contribution < -0.4 is 10.0 Å². The second-order valence-electron chi connectivity index (χ2n) is 8.03. The number of rotatable bonds is 8. The molecular formula is C25H24ClN3O4S. The number of fused-ring (bicyclic) bond motifs is 1. The fraction of sp³-hybridized carbons (Fsp3) is 0.200. The van der Waals surface area contributed by atoms with Crippen molar-refractivity contribution in [2.45, 2.75) is 24.3 Å². The largest absolute Gasteiger partial charge is 0.370 e. The van der Waals surface area contributed by atoms with Crippen LogP contribution in [0, 0.1) is 0 Å². The minimum atomic E-state index is -3.99. The molecule has 0 radical (unpaired) electrons. The molecule has 0 unspecified atom stereocenters. The maximum absolute atomic E-state index is 13.5. The Kier molecular flexibility index (Phi) is 6.90. The minimum Gasteiger partial charge on any atom is -0.370 e. The second-order valence-corrected chi connectivity index (χ2v) is 10.3. The zero-order valence-electron chi connectivity index (χ0n) is 18.4. The van der Waals surface area contributed by atoms with E-state index < -0.39 is 21.8 Å². The van der Waals surface area contributed by atoms with Gasteiger partial charge >= 0.3 is 0 Å². The zero-order valence-corrected chi connectivity index (χ0v) is 19.9. The fourth-order valence-electron chi connectivity index (χ4n) is 3.99. The van der Waals surface area contributed by atoms with Crippen molar-refractivity contribution in [3.8, 4) is 0 Å². The van der Waals surface area contributed by atoms with E-state index in [0.29, 0.717) is 18.7 Å². The summed E-state index contributed by atoms with van der Waals surface area (Å²) in [5.41, 5.74) is 7.89. The Labute approximate surface area is 203 Å². The van der Waals surface area contributed by atoms with Crippen LogP contribution in [0.15, 0.2) is 77.7 Å². The molecule has 0 fully saturated rings. The summed E-state index contributed by atoms with van der Waals surface area (Å²) >= 11 is 6.31. The third-order valence-corrected chi connectivity index (χ3v) is 8.02. The molecule has 4 rings (SSSR count). The van der Waals surface area contributed by atoms with Crippen molar-refractivity contribution < 1.29 is 18.0 Å². The molecule has 3 aromatic carbocycles. The van der Waals surface area contributed by atoms with E-state index >= 15 is 0 Å². The van der Waals surface area contributed by atoms with E-state index in [1.807, 2.05) is 42.5 Å². The number of sulfonamides is 1. The maximum Gasteiger partial charge on any atom is 0.265 e. The maximum atomic E-state index is 13.5. The van der Waals surface area contributed by atoms with Gasteiger partial charge in [-0.2, -0.15) is 0 Å². The predicted molar refractivity (Wildman–Crippen MR) is 131 cm³/mol. The van der Waals surface area contributed by atoms with E-state index in [4.69, 9.17) is 17.3 Å².